The van der Waals surface area contributed by atoms with Crippen LogP contribution in [0.5, 0.6) is 0 Å². The second kappa shape index (κ2) is 4.98. The Morgan fingerprint density at radius 1 is 0.955 bits per heavy atom. The van der Waals surface area contributed by atoms with Crippen LogP contribution in [0.1, 0.15) is 5.56 Å². The van der Waals surface area contributed by atoms with Crippen LogP contribution in [0.2, 0.25) is 0 Å². The number of benzene rings is 2. The molecule has 0 atom stereocenters. The summed E-state index contributed by atoms with van der Waals surface area (Å²) in [6.45, 7) is 0. The maximum Gasteiger partial charge on any atom is 0.417 e. The van der Waals surface area contributed by atoms with E-state index in [0.29, 0.717) is 5.39 Å². The van der Waals surface area contributed by atoms with Gasteiger partial charge in [0.05, 0.1) is 5.56 Å². The Morgan fingerprint density at radius 3 is 2.27 bits per heavy atom. The smallest absolute Gasteiger partial charge is 0.384 e. The number of fused-ring (bicyclic) bond motifs is 1. The van der Waals surface area contributed by atoms with Crippen LogP contribution in [-0.2, 0) is 6.18 Å². The number of pyridine rings is 1. The highest BCUT2D eigenvalue weighted by molar-refractivity contribution is 5.93. The highest BCUT2D eigenvalue weighted by Crippen LogP contribution is 2.41. The summed E-state index contributed by atoms with van der Waals surface area (Å²) >= 11 is 0. The Morgan fingerprint density at radius 2 is 1.64 bits per heavy atom. The molecular weight excluding hydrogens is 296 g/mol. The van der Waals surface area contributed by atoms with Gasteiger partial charge in [0.2, 0.25) is 0 Å². The number of hydrogen-bond donors (Lipinski definition) is 1. The van der Waals surface area contributed by atoms with Crippen LogP contribution in [-0.4, -0.2) is 4.98 Å². The standard InChI is InChI=1S/C16H10F4N2/c17-11-4-1-9(2-5-11)12-6-3-10-7-14(21)22-8-13(10)15(12)16(18,19)20/h1-8H,(H2,21,22). The Bertz CT molecular complexity index is 839. The maximum atomic E-state index is 13.5. The highest BCUT2D eigenvalue weighted by atomic mass is 19.4. The minimum absolute atomic E-state index is 0.0217. The topological polar surface area (TPSA) is 38.9 Å². The number of nitrogen functional groups attached to an aromatic ring is 1. The molecule has 0 radical (unpaired) electrons. The van der Waals surface area contributed by atoms with E-state index in [4.69, 9.17) is 5.73 Å². The van der Waals surface area contributed by atoms with E-state index >= 15 is 0 Å². The molecule has 1 heterocycles. The van der Waals surface area contributed by atoms with E-state index in [1.54, 1.807) is 6.07 Å². The Hall–Kier alpha value is -2.63. The molecule has 2 nitrogen and oxygen atoms in total. The molecular formula is C16H10F4N2. The zero-order chi connectivity index (χ0) is 15.9. The summed E-state index contributed by atoms with van der Waals surface area (Å²) in [5, 5.41) is 0.314. The predicted octanol–water partition coefficient (Wildman–Crippen LogP) is 4.64. The summed E-state index contributed by atoms with van der Waals surface area (Å²) in [5.41, 5.74) is 4.98. The van der Waals surface area contributed by atoms with Crippen LogP contribution in [0.25, 0.3) is 21.9 Å². The second-order valence-corrected chi connectivity index (χ2v) is 4.82. The molecule has 0 aliphatic rings. The Labute approximate surface area is 123 Å². The fourth-order valence-electron chi connectivity index (χ4n) is 2.41. The fraction of sp³-hybridized carbons (Fsp3) is 0.0625. The average molecular weight is 306 g/mol. The number of rotatable bonds is 1. The number of nitrogens with two attached hydrogens (primary N) is 1. The van der Waals surface area contributed by atoms with Crippen LogP contribution in [0.15, 0.2) is 48.7 Å². The monoisotopic (exact) mass is 306 g/mol. The van der Waals surface area contributed by atoms with Gasteiger partial charge in [0.1, 0.15) is 11.6 Å². The quantitative estimate of drug-likeness (QED) is 0.665. The molecule has 0 amide bonds. The minimum Gasteiger partial charge on any atom is -0.384 e. The van der Waals surface area contributed by atoms with Gasteiger partial charge in [0.25, 0.3) is 0 Å². The summed E-state index contributed by atoms with van der Waals surface area (Å²) in [6.07, 6.45) is -3.46. The van der Waals surface area contributed by atoms with Gasteiger partial charge < -0.3 is 5.73 Å². The van der Waals surface area contributed by atoms with Crippen molar-refractivity contribution in [2.24, 2.45) is 0 Å². The van der Waals surface area contributed by atoms with Gasteiger partial charge in [-0.25, -0.2) is 9.37 Å². The van der Waals surface area contributed by atoms with Crippen molar-refractivity contribution in [1.82, 2.24) is 4.98 Å². The van der Waals surface area contributed by atoms with Gasteiger partial charge in [0.15, 0.2) is 0 Å². The van der Waals surface area contributed by atoms with Gasteiger partial charge in [-0.3, -0.25) is 0 Å². The van der Waals surface area contributed by atoms with Gasteiger partial charge in [-0.05, 0) is 34.7 Å². The van der Waals surface area contributed by atoms with Gasteiger partial charge >= 0.3 is 6.18 Å². The first kappa shape index (κ1) is 14.3. The number of alkyl halides is 3. The van der Waals surface area contributed by atoms with Gasteiger partial charge in [-0.1, -0.05) is 24.3 Å². The molecule has 0 fully saturated rings. The molecule has 112 valence electrons. The molecule has 6 heteroatoms. The van der Waals surface area contributed by atoms with Crippen molar-refractivity contribution in [3.8, 4) is 11.1 Å². The summed E-state index contributed by atoms with van der Waals surface area (Å²) in [5.74, 6) is -0.359. The Kier molecular flexibility index (Phi) is 3.24. The largest absolute Gasteiger partial charge is 0.417 e. The lowest BCUT2D eigenvalue weighted by atomic mass is 9.94. The first-order chi connectivity index (χ1) is 10.4. The second-order valence-electron chi connectivity index (χ2n) is 4.82. The van der Waals surface area contributed by atoms with Crippen LogP contribution in [0, 0.1) is 5.82 Å². The van der Waals surface area contributed by atoms with Crippen molar-refractivity contribution in [1.29, 1.82) is 0 Å². The lowest BCUT2D eigenvalue weighted by Crippen LogP contribution is -2.09. The number of hydrogen-bond acceptors (Lipinski definition) is 2. The molecule has 3 rings (SSSR count). The van der Waals surface area contributed by atoms with Crippen LogP contribution >= 0.6 is 0 Å². The normalized spacial score (nSPS) is 11.8. The summed E-state index contributed by atoms with van der Waals surface area (Å²) in [4.78, 5) is 3.75. The molecule has 3 aromatic rings. The van der Waals surface area contributed by atoms with E-state index in [1.165, 1.54) is 24.3 Å². The van der Waals surface area contributed by atoms with E-state index in [2.05, 4.69) is 4.98 Å². The lowest BCUT2D eigenvalue weighted by molar-refractivity contribution is -0.135. The molecule has 0 aliphatic heterocycles. The van der Waals surface area contributed by atoms with E-state index in [-0.39, 0.29) is 22.3 Å². The van der Waals surface area contributed by atoms with Crippen molar-refractivity contribution in [2.45, 2.75) is 6.18 Å². The zero-order valence-corrected chi connectivity index (χ0v) is 11.2. The predicted molar refractivity (Wildman–Crippen MR) is 76.6 cm³/mol. The first-order valence-corrected chi connectivity index (χ1v) is 6.37. The number of halogens is 4. The number of nitrogens with zero attached hydrogens (tertiary/aromatic N) is 1. The third-order valence-corrected chi connectivity index (χ3v) is 3.36. The van der Waals surface area contributed by atoms with Crippen LogP contribution in [0.3, 0.4) is 0 Å². The van der Waals surface area contributed by atoms with E-state index in [1.807, 2.05) is 0 Å². The van der Waals surface area contributed by atoms with Crippen molar-refractivity contribution in [3.63, 3.8) is 0 Å². The minimum atomic E-state index is -4.57. The average Bonchev–Trinajstić information content (AvgIpc) is 2.45. The molecule has 0 saturated carbocycles. The maximum absolute atomic E-state index is 13.5. The summed E-state index contributed by atoms with van der Waals surface area (Å²) in [6, 6.07) is 9.17. The molecule has 0 unspecified atom stereocenters. The zero-order valence-electron chi connectivity index (χ0n) is 11.2. The van der Waals surface area contributed by atoms with E-state index in [9.17, 15) is 17.6 Å². The third kappa shape index (κ3) is 2.47. The van der Waals surface area contributed by atoms with Crippen molar-refractivity contribution >= 4 is 16.6 Å². The van der Waals surface area contributed by atoms with Gasteiger partial charge in [-0.2, -0.15) is 13.2 Å². The first-order valence-electron chi connectivity index (χ1n) is 6.37. The number of aromatic nitrogens is 1. The molecule has 0 saturated heterocycles. The number of anilines is 1. The van der Waals surface area contributed by atoms with Crippen molar-refractivity contribution in [3.05, 3.63) is 60.0 Å². The molecule has 22 heavy (non-hydrogen) atoms. The SMILES string of the molecule is Nc1cc2ccc(-c3ccc(F)cc3)c(C(F)(F)F)c2cn1. The third-order valence-electron chi connectivity index (χ3n) is 3.36. The Balaban J connectivity index is 2.35. The van der Waals surface area contributed by atoms with Crippen LogP contribution in [0.4, 0.5) is 23.4 Å². The molecule has 0 aliphatic carbocycles. The van der Waals surface area contributed by atoms with Gasteiger partial charge in [-0.15, -0.1) is 0 Å². The molecule has 0 spiro atoms. The summed E-state index contributed by atoms with van der Waals surface area (Å²) < 4.78 is 53.5. The molecule has 2 N–H and O–H groups in total. The van der Waals surface area contributed by atoms with Crippen molar-refractivity contribution < 1.29 is 17.6 Å². The highest BCUT2D eigenvalue weighted by Gasteiger charge is 2.35. The molecule has 1 aromatic heterocycles. The molecule has 0 bridgehead atoms. The molecule has 2 aromatic carbocycles. The van der Waals surface area contributed by atoms with Gasteiger partial charge in [0, 0.05) is 11.6 Å². The lowest BCUT2D eigenvalue weighted by Gasteiger charge is -2.16. The summed E-state index contributed by atoms with van der Waals surface area (Å²) in [7, 11) is 0. The van der Waals surface area contributed by atoms with E-state index < -0.39 is 17.6 Å². The van der Waals surface area contributed by atoms with Crippen molar-refractivity contribution in [2.75, 3.05) is 5.73 Å². The van der Waals surface area contributed by atoms with E-state index in [0.717, 1.165) is 18.3 Å². The van der Waals surface area contributed by atoms with Crippen LogP contribution < -0.4 is 5.73 Å². The fourth-order valence-corrected chi connectivity index (χ4v) is 2.41.